The SMILES string of the molecule is Cc1cc(C)c(C)c(S(=O)(=O)NCC2CCCN(c3nccs3)C2)c1C. The molecule has 1 fully saturated rings. The minimum absolute atomic E-state index is 0.300. The normalized spacial score (nSPS) is 18.3. The first-order valence-electron chi connectivity index (χ1n) is 9.01. The second-order valence-electron chi connectivity index (χ2n) is 7.21. The minimum atomic E-state index is -3.52. The second kappa shape index (κ2) is 7.66. The van der Waals surface area contributed by atoms with Crippen LogP contribution in [0.4, 0.5) is 5.13 Å². The van der Waals surface area contributed by atoms with Crippen molar-refractivity contribution in [3.05, 3.63) is 39.9 Å². The molecule has 1 aliphatic heterocycles. The number of thiazole rings is 1. The average Bonchev–Trinajstić information content (AvgIpc) is 3.13. The molecule has 1 unspecified atom stereocenters. The molecule has 1 aromatic carbocycles. The molecule has 2 aromatic rings. The number of nitrogens with zero attached hydrogens (tertiary/aromatic N) is 2. The van der Waals surface area contributed by atoms with Gasteiger partial charge in [0.2, 0.25) is 10.0 Å². The number of nitrogens with one attached hydrogen (secondary N) is 1. The Morgan fingerprint density at radius 2 is 1.92 bits per heavy atom. The van der Waals surface area contributed by atoms with E-state index in [1.54, 1.807) is 11.3 Å². The van der Waals surface area contributed by atoms with Crippen molar-refractivity contribution in [3.63, 3.8) is 0 Å². The molecule has 0 amide bonds. The maximum atomic E-state index is 13.0. The molecule has 1 saturated heterocycles. The summed E-state index contributed by atoms with van der Waals surface area (Å²) in [4.78, 5) is 7.09. The topological polar surface area (TPSA) is 62.3 Å². The first-order chi connectivity index (χ1) is 12.3. The van der Waals surface area contributed by atoms with Crippen LogP contribution in [-0.2, 0) is 10.0 Å². The zero-order valence-corrected chi connectivity index (χ0v) is 17.5. The fourth-order valence-corrected chi connectivity index (χ4v) is 6.07. The number of sulfonamides is 1. The van der Waals surface area contributed by atoms with Crippen molar-refractivity contribution < 1.29 is 8.42 Å². The highest BCUT2D eigenvalue weighted by Crippen LogP contribution is 2.27. The number of benzene rings is 1. The fraction of sp³-hybridized carbons (Fsp3) is 0.526. The molecule has 0 saturated carbocycles. The van der Waals surface area contributed by atoms with Gasteiger partial charge in [0.05, 0.1) is 4.90 Å². The zero-order chi connectivity index (χ0) is 18.9. The lowest BCUT2D eigenvalue weighted by molar-refractivity contribution is 0.410. The van der Waals surface area contributed by atoms with E-state index >= 15 is 0 Å². The highest BCUT2D eigenvalue weighted by Gasteiger charge is 2.26. The number of anilines is 1. The van der Waals surface area contributed by atoms with Crippen LogP contribution in [0.1, 0.15) is 35.1 Å². The van der Waals surface area contributed by atoms with Crippen LogP contribution < -0.4 is 9.62 Å². The number of piperidine rings is 1. The average molecular weight is 394 g/mol. The van der Waals surface area contributed by atoms with Crippen molar-refractivity contribution in [1.82, 2.24) is 9.71 Å². The molecule has 142 valence electrons. The summed E-state index contributed by atoms with van der Waals surface area (Å²) in [6, 6.07) is 2.05. The van der Waals surface area contributed by atoms with Gasteiger partial charge in [-0.25, -0.2) is 18.1 Å². The molecule has 7 heteroatoms. The van der Waals surface area contributed by atoms with Gasteiger partial charge >= 0.3 is 0 Å². The van der Waals surface area contributed by atoms with Crippen LogP contribution in [0.15, 0.2) is 22.5 Å². The zero-order valence-electron chi connectivity index (χ0n) is 15.9. The molecule has 0 bridgehead atoms. The quantitative estimate of drug-likeness (QED) is 0.843. The van der Waals surface area contributed by atoms with Crippen molar-refractivity contribution >= 4 is 26.5 Å². The largest absolute Gasteiger partial charge is 0.348 e. The summed E-state index contributed by atoms with van der Waals surface area (Å²) < 4.78 is 28.9. The summed E-state index contributed by atoms with van der Waals surface area (Å²) in [7, 11) is -3.52. The predicted molar refractivity (Wildman–Crippen MR) is 108 cm³/mol. The van der Waals surface area contributed by atoms with Crippen molar-refractivity contribution in [2.45, 2.75) is 45.4 Å². The Hall–Kier alpha value is -1.44. The van der Waals surface area contributed by atoms with E-state index < -0.39 is 10.0 Å². The van der Waals surface area contributed by atoms with E-state index in [1.807, 2.05) is 39.3 Å². The van der Waals surface area contributed by atoms with Gasteiger partial charge in [-0.3, -0.25) is 0 Å². The first kappa shape index (κ1) is 19.3. The molecule has 1 aliphatic rings. The molecule has 0 aliphatic carbocycles. The van der Waals surface area contributed by atoms with Crippen molar-refractivity contribution in [3.8, 4) is 0 Å². The van der Waals surface area contributed by atoms with Gasteiger partial charge in [-0.2, -0.15) is 0 Å². The van der Waals surface area contributed by atoms with Gasteiger partial charge in [-0.1, -0.05) is 6.07 Å². The summed E-state index contributed by atoms with van der Waals surface area (Å²) in [5.41, 5.74) is 3.71. The van der Waals surface area contributed by atoms with E-state index in [0.29, 0.717) is 17.4 Å². The summed E-state index contributed by atoms with van der Waals surface area (Å²) in [5, 5.41) is 3.01. The van der Waals surface area contributed by atoms with Crippen molar-refractivity contribution in [2.24, 2.45) is 5.92 Å². The van der Waals surface area contributed by atoms with E-state index in [2.05, 4.69) is 20.7 Å². The number of aryl methyl sites for hydroxylation is 2. The number of aromatic nitrogens is 1. The van der Waals surface area contributed by atoms with Crippen LogP contribution in [0.25, 0.3) is 0 Å². The molecule has 1 aromatic heterocycles. The van der Waals surface area contributed by atoms with Gasteiger partial charge in [-0.15, -0.1) is 11.3 Å². The molecule has 1 N–H and O–H groups in total. The van der Waals surface area contributed by atoms with Crippen LogP contribution in [0.3, 0.4) is 0 Å². The molecule has 5 nitrogen and oxygen atoms in total. The van der Waals surface area contributed by atoms with E-state index in [1.165, 1.54) is 0 Å². The molecule has 0 radical (unpaired) electrons. The first-order valence-corrected chi connectivity index (χ1v) is 11.4. The number of rotatable bonds is 5. The Labute approximate surface area is 160 Å². The molecule has 26 heavy (non-hydrogen) atoms. The smallest absolute Gasteiger partial charge is 0.241 e. The maximum Gasteiger partial charge on any atom is 0.241 e. The summed E-state index contributed by atoms with van der Waals surface area (Å²) in [6.45, 7) is 10.0. The predicted octanol–water partition coefficient (Wildman–Crippen LogP) is 3.57. The van der Waals surface area contributed by atoms with Crippen LogP contribution in [0, 0.1) is 33.6 Å². The molecule has 2 heterocycles. The van der Waals surface area contributed by atoms with Crippen molar-refractivity contribution in [1.29, 1.82) is 0 Å². The Bertz CT molecular complexity index is 850. The third kappa shape index (κ3) is 3.94. The Morgan fingerprint density at radius 1 is 1.23 bits per heavy atom. The van der Waals surface area contributed by atoms with Gasteiger partial charge in [0, 0.05) is 31.2 Å². The Kier molecular flexibility index (Phi) is 5.69. The molecule has 3 rings (SSSR count). The van der Waals surface area contributed by atoms with Crippen molar-refractivity contribution in [2.75, 3.05) is 24.5 Å². The third-order valence-corrected chi connectivity index (χ3v) is 7.87. The number of hydrogen-bond acceptors (Lipinski definition) is 5. The van der Waals surface area contributed by atoms with Crippen LogP contribution in [-0.4, -0.2) is 33.0 Å². The highest BCUT2D eigenvalue weighted by atomic mass is 32.2. The maximum absolute atomic E-state index is 13.0. The minimum Gasteiger partial charge on any atom is -0.348 e. The van der Waals surface area contributed by atoms with Gasteiger partial charge < -0.3 is 4.90 Å². The van der Waals surface area contributed by atoms with Gasteiger partial charge in [0.15, 0.2) is 5.13 Å². The fourth-order valence-electron chi connectivity index (χ4n) is 3.66. The Morgan fingerprint density at radius 3 is 2.54 bits per heavy atom. The van der Waals surface area contributed by atoms with Gasteiger partial charge in [-0.05, 0) is 68.7 Å². The second-order valence-corrected chi connectivity index (χ2v) is 9.79. The van der Waals surface area contributed by atoms with E-state index in [9.17, 15) is 8.42 Å². The lowest BCUT2D eigenvalue weighted by Gasteiger charge is -2.32. The molecule has 1 atom stereocenters. The van der Waals surface area contributed by atoms with Crippen LogP contribution in [0.2, 0.25) is 0 Å². The number of hydrogen-bond donors (Lipinski definition) is 1. The standard InChI is InChI=1S/C19H27N3O2S2/c1-13-10-14(2)16(4)18(15(13)3)26(23,24)21-11-17-6-5-8-22(12-17)19-20-7-9-25-19/h7,9-10,17,21H,5-6,8,11-12H2,1-4H3. The highest BCUT2D eigenvalue weighted by molar-refractivity contribution is 7.89. The van der Waals surface area contributed by atoms with Crippen LogP contribution in [0.5, 0.6) is 0 Å². The lowest BCUT2D eigenvalue weighted by Crippen LogP contribution is -2.41. The van der Waals surface area contributed by atoms with E-state index in [4.69, 9.17) is 0 Å². The van der Waals surface area contributed by atoms with E-state index in [0.717, 1.165) is 53.3 Å². The van der Waals surface area contributed by atoms with Gasteiger partial charge in [0.1, 0.15) is 0 Å². The lowest BCUT2D eigenvalue weighted by atomic mass is 9.99. The monoisotopic (exact) mass is 393 g/mol. The Balaban J connectivity index is 1.73. The summed E-state index contributed by atoms with van der Waals surface area (Å²) >= 11 is 1.64. The molecule has 0 spiro atoms. The molecular formula is C19H27N3O2S2. The third-order valence-electron chi connectivity index (χ3n) is 5.34. The van der Waals surface area contributed by atoms with Gasteiger partial charge in [0.25, 0.3) is 0 Å². The van der Waals surface area contributed by atoms with E-state index in [-0.39, 0.29) is 0 Å². The van der Waals surface area contributed by atoms with Crippen LogP contribution >= 0.6 is 11.3 Å². The summed E-state index contributed by atoms with van der Waals surface area (Å²) in [6.07, 6.45) is 3.92. The summed E-state index contributed by atoms with van der Waals surface area (Å²) in [5.74, 6) is 0.300. The molecular weight excluding hydrogens is 366 g/mol.